The van der Waals surface area contributed by atoms with E-state index in [0.29, 0.717) is 24.3 Å². The summed E-state index contributed by atoms with van der Waals surface area (Å²) >= 11 is 0. The number of aliphatic hydroxyl groups excluding tert-OH is 2. The minimum Gasteiger partial charge on any atom is -0.508 e. The van der Waals surface area contributed by atoms with Gasteiger partial charge in [-0.3, -0.25) is 4.79 Å². The molecule has 1 fully saturated rings. The minimum absolute atomic E-state index is 0.123. The fraction of sp³-hybridized carbons (Fsp3) is 0.375. The molecule has 1 amide bonds. The number of aromatic hydroxyl groups is 1. The molecule has 1 aromatic heterocycles. The Kier molecular flexibility index (Phi) is 7.59. The van der Waals surface area contributed by atoms with Gasteiger partial charge in [-0.15, -0.1) is 5.10 Å². The summed E-state index contributed by atoms with van der Waals surface area (Å²) in [5, 5.41) is 41.2. The number of amides is 1. The Morgan fingerprint density at radius 1 is 1.29 bits per heavy atom. The van der Waals surface area contributed by atoms with E-state index >= 15 is 0 Å². The number of hydrogen-bond acceptors (Lipinski definition) is 8. The molecule has 2 heterocycles. The Hall–Kier alpha value is -3.54. The molecule has 10 nitrogen and oxygen atoms in total. The highest BCUT2D eigenvalue weighted by atomic mass is 19.1. The quantitative estimate of drug-likeness (QED) is 0.352. The fourth-order valence-electron chi connectivity index (χ4n) is 4.05. The summed E-state index contributed by atoms with van der Waals surface area (Å²) in [6, 6.07) is 11.8. The number of ether oxygens (including phenoxy) is 1. The van der Waals surface area contributed by atoms with Crippen molar-refractivity contribution in [2.75, 3.05) is 32.1 Å². The Balaban J connectivity index is 1.42. The van der Waals surface area contributed by atoms with E-state index in [-0.39, 0.29) is 18.1 Å². The maximum absolute atomic E-state index is 13.6. The van der Waals surface area contributed by atoms with Crippen molar-refractivity contribution in [3.05, 3.63) is 60.5 Å². The molecule has 4 N–H and O–H groups in total. The number of phenolic OH excluding ortho intramolecular Hbond substituents is 1. The van der Waals surface area contributed by atoms with E-state index in [2.05, 4.69) is 15.6 Å². The molecule has 0 unspecified atom stereocenters. The van der Waals surface area contributed by atoms with Gasteiger partial charge in [-0.25, -0.2) is 9.07 Å². The second-order valence-corrected chi connectivity index (χ2v) is 8.47. The number of likely N-dealkylation sites (N-methyl/N-ethyl adjacent to an activating group) is 1. The van der Waals surface area contributed by atoms with Gasteiger partial charge in [0.2, 0.25) is 0 Å². The maximum Gasteiger partial charge on any atom is 0.251 e. The zero-order chi connectivity index (χ0) is 24.9. The van der Waals surface area contributed by atoms with Crippen LogP contribution in [0.4, 0.5) is 10.1 Å². The second-order valence-electron chi connectivity index (χ2n) is 8.47. The SMILES string of the molecule is CN(CCNc1ccc(O)cc1)C(=O)[C@H]1C[C@@H](n2cc(-c3cccc(F)c3)nn2)[C@@H](O)[C@@H](CO)O1. The normalized spacial score (nSPS) is 22.1. The molecular weight excluding hydrogens is 457 g/mol. The summed E-state index contributed by atoms with van der Waals surface area (Å²) in [6.45, 7) is 0.373. The summed E-state index contributed by atoms with van der Waals surface area (Å²) < 4.78 is 20.7. The third-order valence-corrected chi connectivity index (χ3v) is 6.02. The molecule has 11 heteroatoms. The van der Waals surface area contributed by atoms with Crippen LogP contribution in [-0.4, -0.2) is 86.2 Å². The third-order valence-electron chi connectivity index (χ3n) is 6.02. The van der Waals surface area contributed by atoms with E-state index in [1.54, 1.807) is 49.6 Å². The summed E-state index contributed by atoms with van der Waals surface area (Å²) in [7, 11) is 1.65. The average Bonchev–Trinajstić information content (AvgIpc) is 3.35. The Morgan fingerprint density at radius 3 is 2.77 bits per heavy atom. The van der Waals surface area contributed by atoms with Gasteiger partial charge in [-0.05, 0) is 36.4 Å². The number of phenols is 1. The van der Waals surface area contributed by atoms with E-state index in [1.165, 1.54) is 21.7 Å². The van der Waals surface area contributed by atoms with Crippen molar-refractivity contribution in [3.63, 3.8) is 0 Å². The predicted molar refractivity (Wildman–Crippen MR) is 125 cm³/mol. The van der Waals surface area contributed by atoms with Crippen LogP contribution in [0.25, 0.3) is 11.3 Å². The van der Waals surface area contributed by atoms with Crippen LogP contribution in [0.15, 0.2) is 54.7 Å². The van der Waals surface area contributed by atoms with E-state index in [1.807, 2.05) is 0 Å². The molecule has 4 rings (SSSR count). The first-order chi connectivity index (χ1) is 16.9. The molecule has 0 saturated carbocycles. The lowest BCUT2D eigenvalue weighted by Gasteiger charge is -2.39. The summed E-state index contributed by atoms with van der Waals surface area (Å²) in [5.41, 5.74) is 1.76. The standard InChI is InChI=1S/C24H28FN5O5/c1-29(10-9-26-17-5-7-18(32)8-6-17)24(34)21-12-20(23(33)22(14-31)35-21)30-13-19(27-28-30)15-3-2-4-16(25)11-15/h2-8,11,13,20-23,26,31-33H,9-10,12,14H2,1H3/t20-,21-,22-,23-/m1/s1. The Labute approximate surface area is 201 Å². The van der Waals surface area contributed by atoms with Crippen molar-refractivity contribution in [2.45, 2.75) is 30.8 Å². The number of halogens is 1. The highest BCUT2D eigenvalue weighted by Gasteiger charge is 2.42. The Bertz CT molecular complexity index is 1140. The zero-order valence-electron chi connectivity index (χ0n) is 19.2. The third kappa shape index (κ3) is 5.76. The van der Waals surface area contributed by atoms with Crippen LogP contribution in [0.5, 0.6) is 5.75 Å². The summed E-state index contributed by atoms with van der Waals surface area (Å²) in [5.74, 6) is -0.529. The highest BCUT2D eigenvalue weighted by Crippen LogP contribution is 2.31. The number of benzene rings is 2. The van der Waals surface area contributed by atoms with Crippen molar-refractivity contribution >= 4 is 11.6 Å². The number of carbonyl (C=O) groups excluding carboxylic acids is 1. The first-order valence-corrected chi connectivity index (χ1v) is 11.3. The molecule has 0 aliphatic carbocycles. The van der Waals surface area contributed by atoms with Crippen molar-refractivity contribution in [3.8, 4) is 17.0 Å². The molecule has 1 aliphatic rings. The second kappa shape index (κ2) is 10.8. The van der Waals surface area contributed by atoms with E-state index in [0.717, 1.165) is 5.69 Å². The molecule has 4 atom stereocenters. The number of rotatable bonds is 8. The number of aliphatic hydroxyl groups is 2. The number of nitrogens with one attached hydrogen (secondary N) is 1. The van der Waals surface area contributed by atoms with Gasteiger partial charge >= 0.3 is 0 Å². The molecule has 3 aromatic rings. The molecule has 0 radical (unpaired) electrons. The van der Waals surface area contributed by atoms with Crippen LogP contribution >= 0.6 is 0 Å². The van der Waals surface area contributed by atoms with Crippen LogP contribution in [0.3, 0.4) is 0 Å². The first kappa shape index (κ1) is 24.6. The largest absolute Gasteiger partial charge is 0.508 e. The smallest absolute Gasteiger partial charge is 0.251 e. The Morgan fingerprint density at radius 2 is 2.06 bits per heavy atom. The number of nitrogens with zero attached hydrogens (tertiary/aromatic N) is 4. The number of aromatic nitrogens is 3. The zero-order valence-corrected chi connectivity index (χ0v) is 19.2. The lowest BCUT2D eigenvalue weighted by Crippen LogP contribution is -2.52. The summed E-state index contributed by atoms with van der Waals surface area (Å²) in [4.78, 5) is 14.6. The fourth-order valence-corrected chi connectivity index (χ4v) is 4.05. The van der Waals surface area contributed by atoms with Crippen LogP contribution in [0.2, 0.25) is 0 Å². The molecular formula is C24H28FN5O5. The lowest BCUT2D eigenvalue weighted by molar-refractivity contribution is -0.177. The number of carbonyl (C=O) groups is 1. The van der Waals surface area contributed by atoms with E-state index in [9.17, 15) is 24.5 Å². The summed E-state index contributed by atoms with van der Waals surface area (Å²) in [6.07, 6.45) is -1.30. The topological polar surface area (TPSA) is 133 Å². The number of hydrogen-bond donors (Lipinski definition) is 4. The van der Waals surface area contributed by atoms with Crippen LogP contribution in [-0.2, 0) is 9.53 Å². The minimum atomic E-state index is -1.12. The van der Waals surface area contributed by atoms with Gasteiger partial charge in [0.05, 0.1) is 18.8 Å². The van der Waals surface area contributed by atoms with E-state index < -0.39 is 36.8 Å². The van der Waals surface area contributed by atoms with Crippen molar-refractivity contribution in [1.29, 1.82) is 0 Å². The van der Waals surface area contributed by atoms with Gasteiger partial charge in [-0.2, -0.15) is 0 Å². The molecule has 186 valence electrons. The van der Waals surface area contributed by atoms with Crippen molar-refractivity contribution in [2.24, 2.45) is 0 Å². The number of anilines is 1. The highest BCUT2D eigenvalue weighted by molar-refractivity contribution is 5.81. The van der Waals surface area contributed by atoms with Crippen molar-refractivity contribution in [1.82, 2.24) is 19.9 Å². The van der Waals surface area contributed by atoms with Gasteiger partial charge in [0.15, 0.2) is 0 Å². The predicted octanol–water partition coefficient (Wildman–Crippen LogP) is 1.41. The molecule has 0 bridgehead atoms. The maximum atomic E-state index is 13.6. The van der Waals surface area contributed by atoms with Gasteiger partial charge in [0.1, 0.15) is 35.6 Å². The molecule has 2 aromatic carbocycles. The van der Waals surface area contributed by atoms with E-state index in [4.69, 9.17) is 4.74 Å². The molecule has 35 heavy (non-hydrogen) atoms. The van der Waals surface area contributed by atoms with Crippen LogP contribution in [0.1, 0.15) is 12.5 Å². The lowest BCUT2D eigenvalue weighted by atomic mass is 9.95. The monoisotopic (exact) mass is 485 g/mol. The van der Waals surface area contributed by atoms with Gasteiger partial charge in [0.25, 0.3) is 5.91 Å². The molecule has 1 saturated heterocycles. The van der Waals surface area contributed by atoms with Crippen LogP contribution in [0, 0.1) is 5.82 Å². The average molecular weight is 486 g/mol. The first-order valence-electron chi connectivity index (χ1n) is 11.3. The van der Waals surface area contributed by atoms with Crippen molar-refractivity contribution < 1.29 is 29.2 Å². The molecule has 1 aliphatic heterocycles. The van der Waals surface area contributed by atoms with Crippen LogP contribution < -0.4 is 5.32 Å². The van der Waals surface area contributed by atoms with Gasteiger partial charge in [0, 0.05) is 37.8 Å². The molecule has 0 spiro atoms. The van der Waals surface area contributed by atoms with Gasteiger partial charge in [-0.1, -0.05) is 17.3 Å². The van der Waals surface area contributed by atoms with Gasteiger partial charge < -0.3 is 30.3 Å².